The maximum atomic E-state index is 6.41. The zero-order valence-corrected chi connectivity index (χ0v) is 27.5. The fourth-order valence-corrected chi connectivity index (χ4v) is 6.57. The van der Waals surface area contributed by atoms with Crippen molar-refractivity contribution in [3.63, 3.8) is 0 Å². The molecule has 234 valence electrons. The van der Waals surface area contributed by atoms with Crippen LogP contribution in [0.15, 0.2) is 121 Å². The number of pyridine rings is 2. The molecule has 2 heterocycles. The average molecular weight is 668 g/mol. The lowest BCUT2D eigenvalue weighted by Crippen LogP contribution is -2.00. The number of methoxy groups -OCH3 is 2. The normalized spacial score (nSPS) is 11.3. The van der Waals surface area contributed by atoms with Gasteiger partial charge < -0.3 is 20.1 Å². The molecule has 48 heavy (non-hydrogen) atoms. The molecule has 0 spiro atoms. The molecule has 0 bridgehead atoms. The van der Waals surface area contributed by atoms with Crippen molar-refractivity contribution in [1.29, 1.82) is 0 Å². The van der Waals surface area contributed by atoms with Gasteiger partial charge in [-0.25, -0.2) is 9.97 Å². The first-order valence-corrected chi connectivity index (χ1v) is 16.1. The summed E-state index contributed by atoms with van der Waals surface area (Å²) in [6, 6.07) is 39.9. The van der Waals surface area contributed by atoms with Crippen LogP contribution < -0.4 is 20.1 Å². The van der Waals surface area contributed by atoms with Crippen LogP contribution in [0.4, 0.5) is 22.7 Å². The van der Waals surface area contributed by atoms with Gasteiger partial charge in [0, 0.05) is 54.1 Å². The Morgan fingerprint density at radius 1 is 0.458 bits per heavy atom. The third-order valence-corrected chi connectivity index (χ3v) is 9.02. The SMILES string of the molecule is COc1ccc2nc3cc(Cl)ccc3c(Nc3ccccc3-c3ccccc3Nc3c4ccc(Cl)cc4nc4ccc(OC)cc34)c2c1. The lowest BCUT2D eigenvalue weighted by atomic mass is 9.99. The minimum absolute atomic E-state index is 0.630. The van der Waals surface area contributed by atoms with Crippen molar-refractivity contribution >= 4 is 89.6 Å². The molecule has 2 N–H and O–H groups in total. The lowest BCUT2D eigenvalue weighted by molar-refractivity contribution is 0.415. The van der Waals surface area contributed by atoms with E-state index in [0.29, 0.717) is 10.0 Å². The Balaban J connectivity index is 1.30. The predicted molar refractivity (Wildman–Crippen MR) is 200 cm³/mol. The van der Waals surface area contributed by atoms with Crippen molar-refractivity contribution < 1.29 is 9.47 Å². The van der Waals surface area contributed by atoms with E-state index in [2.05, 4.69) is 34.9 Å². The van der Waals surface area contributed by atoms with Crippen LogP contribution >= 0.6 is 23.2 Å². The van der Waals surface area contributed by atoms with Crippen molar-refractivity contribution in [2.75, 3.05) is 24.9 Å². The van der Waals surface area contributed by atoms with Gasteiger partial charge in [-0.05, 0) is 84.9 Å². The molecule has 0 radical (unpaired) electrons. The molecule has 2 aromatic heterocycles. The number of anilines is 4. The van der Waals surface area contributed by atoms with Gasteiger partial charge in [0.1, 0.15) is 11.5 Å². The fourth-order valence-electron chi connectivity index (χ4n) is 6.24. The van der Waals surface area contributed by atoms with Crippen LogP contribution in [0.25, 0.3) is 54.7 Å². The van der Waals surface area contributed by atoms with Crippen LogP contribution in [0.3, 0.4) is 0 Å². The van der Waals surface area contributed by atoms with Gasteiger partial charge in [-0.1, -0.05) is 59.6 Å². The highest BCUT2D eigenvalue weighted by atomic mass is 35.5. The first-order valence-electron chi connectivity index (χ1n) is 15.4. The number of benzene rings is 6. The highest BCUT2D eigenvalue weighted by Gasteiger charge is 2.17. The molecule has 8 heteroatoms. The summed E-state index contributed by atoms with van der Waals surface area (Å²) in [6.45, 7) is 0. The largest absolute Gasteiger partial charge is 0.497 e. The molecule has 0 fully saturated rings. The third kappa shape index (κ3) is 5.35. The Bertz CT molecular complexity index is 2360. The highest BCUT2D eigenvalue weighted by molar-refractivity contribution is 6.32. The molecule has 0 aliphatic heterocycles. The number of aromatic nitrogens is 2. The van der Waals surface area contributed by atoms with E-state index in [1.807, 2.05) is 97.1 Å². The summed E-state index contributed by atoms with van der Waals surface area (Å²) in [6.07, 6.45) is 0. The number of ether oxygens (including phenoxy) is 2. The molecule has 0 saturated carbocycles. The van der Waals surface area contributed by atoms with Crippen molar-refractivity contribution in [2.45, 2.75) is 0 Å². The summed E-state index contributed by atoms with van der Waals surface area (Å²) in [4.78, 5) is 9.83. The van der Waals surface area contributed by atoms with Gasteiger partial charge in [-0.3, -0.25) is 0 Å². The predicted octanol–water partition coefficient (Wildman–Crippen LogP) is 11.6. The standard InChI is InChI=1S/C40H28Cl2N4O2/c1-47-25-13-17-35-31(21-25)39(29-15-11-23(41)19-37(29)43-35)45-33-9-5-3-7-27(33)28-8-4-6-10-34(28)46-40-30-16-12-24(42)20-38(30)44-36-18-14-26(48-2)22-32(36)40/h3-22H,1-2H3,(H,43,45)(H,44,46). The van der Waals surface area contributed by atoms with Gasteiger partial charge >= 0.3 is 0 Å². The van der Waals surface area contributed by atoms with E-state index in [4.69, 9.17) is 42.6 Å². The number of rotatable bonds is 7. The van der Waals surface area contributed by atoms with Crippen molar-refractivity contribution in [3.8, 4) is 22.6 Å². The highest BCUT2D eigenvalue weighted by Crippen LogP contribution is 2.42. The van der Waals surface area contributed by atoms with Crippen molar-refractivity contribution in [2.24, 2.45) is 0 Å². The van der Waals surface area contributed by atoms with Crippen molar-refractivity contribution in [1.82, 2.24) is 9.97 Å². The maximum absolute atomic E-state index is 6.41. The van der Waals surface area contributed by atoms with Crippen LogP contribution in [0.1, 0.15) is 0 Å². The van der Waals surface area contributed by atoms with Gasteiger partial charge in [-0.2, -0.15) is 0 Å². The molecule has 0 aliphatic carbocycles. The van der Waals surface area contributed by atoms with Crippen LogP contribution in [-0.4, -0.2) is 24.2 Å². The monoisotopic (exact) mass is 666 g/mol. The summed E-state index contributed by atoms with van der Waals surface area (Å²) < 4.78 is 11.2. The summed E-state index contributed by atoms with van der Waals surface area (Å²) in [5.41, 5.74) is 8.98. The van der Waals surface area contributed by atoms with E-state index in [9.17, 15) is 0 Å². The Morgan fingerprint density at radius 3 is 1.33 bits per heavy atom. The molecular weight excluding hydrogens is 639 g/mol. The van der Waals surface area contributed by atoms with E-state index < -0.39 is 0 Å². The first kappa shape index (κ1) is 29.8. The van der Waals surface area contributed by atoms with Gasteiger partial charge in [-0.15, -0.1) is 0 Å². The van der Waals surface area contributed by atoms with Crippen LogP contribution in [0.5, 0.6) is 11.5 Å². The van der Waals surface area contributed by atoms with E-state index in [-0.39, 0.29) is 0 Å². The Morgan fingerprint density at radius 2 is 0.896 bits per heavy atom. The number of nitrogens with one attached hydrogen (secondary N) is 2. The third-order valence-electron chi connectivity index (χ3n) is 8.55. The molecule has 0 unspecified atom stereocenters. The minimum atomic E-state index is 0.630. The topological polar surface area (TPSA) is 68.3 Å². The molecule has 6 nitrogen and oxygen atoms in total. The number of halogens is 2. The molecule has 6 aromatic carbocycles. The molecule has 8 aromatic rings. The summed E-state index contributed by atoms with van der Waals surface area (Å²) in [5.74, 6) is 1.50. The zero-order chi connectivity index (χ0) is 32.8. The van der Waals surface area contributed by atoms with Gasteiger partial charge in [0.2, 0.25) is 0 Å². The number of nitrogens with zero attached hydrogens (tertiary/aromatic N) is 2. The van der Waals surface area contributed by atoms with Crippen LogP contribution in [0.2, 0.25) is 10.0 Å². The first-order chi connectivity index (χ1) is 23.5. The summed E-state index contributed by atoms with van der Waals surface area (Å²) in [7, 11) is 3.34. The quantitative estimate of drug-likeness (QED) is 0.165. The second-order valence-electron chi connectivity index (χ2n) is 11.4. The molecule has 0 amide bonds. The molecule has 0 aliphatic rings. The van der Waals surface area contributed by atoms with Gasteiger partial charge in [0.25, 0.3) is 0 Å². The summed E-state index contributed by atoms with van der Waals surface area (Å²) in [5, 5.41) is 12.6. The maximum Gasteiger partial charge on any atom is 0.119 e. The van der Waals surface area contributed by atoms with E-state index in [1.165, 1.54) is 0 Å². The van der Waals surface area contributed by atoms with Crippen LogP contribution in [-0.2, 0) is 0 Å². The molecule has 8 rings (SSSR count). The second-order valence-corrected chi connectivity index (χ2v) is 12.3. The number of hydrogen-bond acceptors (Lipinski definition) is 6. The Kier molecular flexibility index (Phi) is 7.60. The van der Waals surface area contributed by atoms with Crippen molar-refractivity contribution in [3.05, 3.63) is 131 Å². The van der Waals surface area contributed by atoms with E-state index in [1.54, 1.807) is 14.2 Å². The smallest absolute Gasteiger partial charge is 0.119 e. The minimum Gasteiger partial charge on any atom is -0.497 e. The van der Waals surface area contributed by atoms with E-state index in [0.717, 1.165) is 89.0 Å². The lowest BCUT2D eigenvalue weighted by Gasteiger charge is -2.20. The Hall–Kier alpha value is -5.56. The van der Waals surface area contributed by atoms with Gasteiger partial charge in [0.15, 0.2) is 0 Å². The fraction of sp³-hybridized carbons (Fsp3) is 0.0500. The molecule has 0 saturated heterocycles. The van der Waals surface area contributed by atoms with E-state index >= 15 is 0 Å². The summed E-state index contributed by atoms with van der Waals surface area (Å²) >= 11 is 12.8. The zero-order valence-electron chi connectivity index (χ0n) is 26.0. The molecular formula is C40H28Cl2N4O2. The van der Waals surface area contributed by atoms with Crippen LogP contribution in [0, 0.1) is 0 Å². The number of para-hydroxylation sites is 2. The number of fused-ring (bicyclic) bond motifs is 4. The average Bonchev–Trinajstić information content (AvgIpc) is 3.11. The number of hydrogen-bond donors (Lipinski definition) is 2. The Labute approximate surface area is 286 Å². The molecule has 0 atom stereocenters. The van der Waals surface area contributed by atoms with Gasteiger partial charge in [0.05, 0.1) is 47.7 Å². The second kappa shape index (κ2) is 12.2.